The first kappa shape index (κ1) is 25.6. The maximum Gasteiger partial charge on any atom is 0.319 e. The van der Waals surface area contributed by atoms with Crippen LogP contribution >= 0.6 is 11.6 Å². The zero-order valence-corrected chi connectivity index (χ0v) is 20.4. The van der Waals surface area contributed by atoms with Crippen LogP contribution in [-0.4, -0.2) is 56.7 Å². The number of hydrogen-bond donors (Lipinski definition) is 4. The average Bonchev–Trinajstić information content (AvgIpc) is 3.29. The molecule has 5 N–H and O–H groups in total. The third-order valence-corrected chi connectivity index (χ3v) is 6.28. The molecule has 2 aromatic rings. The van der Waals surface area contributed by atoms with Crippen molar-refractivity contribution >= 4 is 34.9 Å². The number of amides is 3. The van der Waals surface area contributed by atoms with Crippen LogP contribution in [0.15, 0.2) is 42.5 Å². The molecular formula is C25H34ClN5O3. The van der Waals surface area contributed by atoms with E-state index >= 15 is 0 Å². The van der Waals surface area contributed by atoms with E-state index in [9.17, 15) is 9.59 Å². The van der Waals surface area contributed by atoms with Crippen molar-refractivity contribution in [3.8, 4) is 5.75 Å². The number of nitrogens with zero attached hydrogens (tertiary/aromatic N) is 1. The molecule has 0 aliphatic carbocycles. The lowest BCUT2D eigenvalue weighted by Crippen LogP contribution is -2.31. The molecule has 1 heterocycles. The van der Waals surface area contributed by atoms with Crippen molar-refractivity contribution in [3.05, 3.63) is 53.1 Å². The lowest BCUT2D eigenvalue weighted by molar-refractivity contribution is 0.0944. The second-order valence-electron chi connectivity index (χ2n) is 8.55. The van der Waals surface area contributed by atoms with E-state index in [4.69, 9.17) is 22.1 Å². The number of carbonyl (C=O) groups excluding carboxylic acids is 2. The van der Waals surface area contributed by atoms with Gasteiger partial charge in [0.2, 0.25) is 0 Å². The van der Waals surface area contributed by atoms with Crippen LogP contribution in [0.2, 0.25) is 5.02 Å². The van der Waals surface area contributed by atoms with E-state index < -0.39 is 0 Å². The predicted octanol–water partition coefficient (Wildman–Crippen LogP) is 3.97. The summed E-state index contributed by atoms with van der Waals surface area (Å²) in [6.45, 7) is 4.31. The van der Waals surface area contributed by atoms with Crippen LogP contribution in [0, 0.1) is 5.92 Å². The van der Waals surface area contributed by atoms with Crippen molar-refractivity contribution in [2.45, 2.75) is 25.7 Å². The van der Waals surface area contributed by atoms with Crippen molar-refractivity contribution in [2.24, 2.45) is 5.92 Å². The maximum atomic E-state index is 12.6. The fourth-order valence-electron chi connectivity index (χ4n) is 4.07. The van der Waals surface area contributed by atoms with Gasteiger partial charge in [-0.15, -0.1) is 0 Å². The molecule has 1 aliphatic rings. The number of nitrogens with two attached hydrogens (primary N) is 1. The maximum absolute atomic E-state index is 12.6. The average molecular weight is 488 g/mol. The summed E-state index contributed by atoms with van der Waals surface area (Å²) in [5.74, 6) is 0.628. The smallest absolute Gasteiger partial charge is 0.319 e. The van der Waals surface area contributed by atoms with Crippen LogP contribution in [0.1, 0.15) is 36.0 Å². The Morgan fingerprint density at radius 1 is 1.15 bits per heavy atom. The monoisotopic (exact) mass is 487 g/mol. The van der Waals surface area contributed by atoms with Gasteiger partial charge in [-0.3, -0.25) is 4.79 Å². The fourth-order valence-corrected chi connectivity index (χ4v) is 4.23. The van der Waals surface area contributed by atoms with Crippen LogP contribution in [-0.2, 0) is 0 Å². The van der Waals surface area contributed by atoms with E-state index in [0.29, 0.717) is 41.0 Å². The van der Waals surface area contributed by atoms with Gasteiger partial charge in [0.15, 0.2) is 0 Å². The first-order valence-electron chi connectivity index (χ1n) is 11.7. The summed E-state index contributed by atoms with van der Waals surface area (Å²) in [5, 5.41) is 9.05. The first-order chi connectivity index (χ1) is 16.5. The lowest BCUT2D eigenvalue weighted by Gasteiger charge is -2.17. The van der Waals surface area contributed by atoms with Gasteiger partial charge in [-0.1, -0.05) is 36.2 Å². The number of likely N-dealkylation sites (tertiary alicyclic amines) is 1. The van der Waals surface area contributed by atoms with Gasteiger partial charge in [0.1, 0.15) is 5.75 Å². The molecule has 0 aromatic heterocycles. The molecular weight excluding hydrogens is 454 g/mol. The summed E-state index contributed by atoms with van der Waals surface area (Å²) >= 11 is 6.07. The number of nitrogen functional groups attached to an aromatic ring is 1. The van der Waals surface area contributed by atoms with Crippen LogP contribution in [0.4, 0.5) is 16.2 Å². The summed E-state index contributed by atoms with van der Waals surface area (Å²) in [4.78, 5) is 26.9. The Bertz CT molecular complexity index is 957. The number of methoxy groups -OCH3 is 1. The summed E-state index contributed by atoms with van der Waals surface area (Å²) in [6, 6.07) is 12.4. The third kappa shape index (κ3) is 7.81. The second kappa shape index (κ2) is 13.1. The van der Waals surface area contributed by atoms with Crippen molar-refractivity contribution in [3.63, 3.8) is 0 Å². The van der Waals surface area contributed by atoms with Crippen molar-refractivity contribution in [2.75, 3.05) is 50.9 Å². The molecule has 2 aromatic carbocycles. The minimum atomic E-state index is -0.207. The quantitative estimate of drug-likeness (QED) is 0.283. The van der Waals surface area contributed by atoms with Gasteiger partial charge in [0.25, 0.3) is 5.91 Å². The number of ether oxygens (including phenoxy) is 1. The topological polar surface area (TPSA) is 109 Å². The van der Waals surface area contributed by atoms with Gasteiger partial charge in [0, 0.05) is 31.4 Å². The largest absolute Gasteiger partial charge is 0.496 e. The number of carbonyl (C=O) groups is 2. The van der Waals surface area contributed by atoms with Crippen molar-refractivity contribution in [1.29, 1.82) is 0 Å². The Hall–Kier alpha value is -2.97. The molecule has 8 nitrogen and oxygen atoms in total. The lowest BCUT2D eigenvalue weighted by atomic mass is 10.1. The molecule has 0 saturated carbocycles. The van der Waals surface area contributed by atoms with Gasteiger partial charge in [-0.05, 0) is 56.5 Å². The number of benzene rings is 2. The van der Waals surface area contributed by atoms with E-state index in [1.165, 1.54) is 7.11 Å². The molecule has 34 heavy (non-hydrogen) atoms. The zero-order valence-electron chi connectivity index (χ0n) is 19.6. The van der Waals surface area contributed by atoms with Gasteiger partial charge in [-0.2, -0.15) is 0 Å². The van der Waals surface area contributed by atoms with E-state index in [0.717, 1.165) is 51.0 Å². The second-order valence-corrected chi connectivity index (χ2v) is 8.95. The predicted molar refractivity (Wildman–Crippen MR) is 137 cm³/mol. The normalized spacial score (nSPS) is 15.6. The van der Waals surface area contributed by atoms with Crippen LogP contribution < -0.4 is 26.4 Å². The molecule has 0 unspecified atom stereocenters. The number of nitrogens with one attached hydrogen (secondary N) is 3. The Kier molecular flexibility index (Phi) is 9.85. The number of halogens is 1. The molecule has 1 saturated heterocycles. The van der Waals surface area contributed by atoms with Crippen molar-refractivity contribution < 1.29 is 14.3 Å². The van der Waals surface area contributed by atoms with Gasteiger partial charge < -0.3 is 31.3 Å². The number of anilines is 2. The van der Waals surface area contributed by atoms with Crippen LogP contribution in [0.5, 0.6) is 5.75 Å². The molecule has 0 radical (unpaired) electrons. The number of unbranched alkanes of at least 4 members (excludes halogenated alkanes) is 2. The van der Waals surface area contributed by atoms with Crippen molar-refractivity contribution in [1.82, 2.24) is 15.5 Å². The number of urea groups is 1. The van der Waals surface area contributed by atoms with E-state index in [1.807, 2.05) is 30.3 Å². The third-order valence-electron chi connectivity index (χ3n) is 5.95. The SMILES string of the molecule is COc1cc(N)c(Cl)cc1C(=O)NC[C@H]1CCN(CCCCCNC(=O)Nc2ccccc2)C1. The number of para-hydroxylation sites is 1. The van der Waals surface area contributed by atoms with Gasteiger partial charge in [0.05, 0.1) is 23.4 Å². The summed E-state index contributed by atoms with van der Waals surface area (Å²) in [6.07, 6.45) is 4.14. The number of rotatable bonds is 11. The van der Waals surface area contributed by atoms with E-state index in [-0.39, 0.29) is 11.9 Å². The summed E-state index contributed by atoms with van der Waals surface area (Å²) in [5.41, 5.74) is 7.35. The Balaban J connectivity index is 1.27. The minimum Gasteiger partial charge on any atom is -0.496 e. The minimum absolute atomic E-state index is 0.172. The molecule has 0 bridgehead atoms. The van der Waals surface area contributed by atoms with E-state index in [2.05, 4.69) is 20.9 Å². The highest BCUT2D eigenvalue weighted by Crippen LogP contribution is 2.29. The Morgan fingerprint density at radius 3 is 2.71 bits per heavy atom. The zero-order chi connectivity index (χ0) is 24.3. The standard InChI is InChI=1S/C25H34ClN5O3/c1-34-23-15-22(27)21(26)14-20(23)24(32)29-16-18-10-13-31(17-18)12-7-3-6-11-28-25(33)30-19-8-4-2-5-9-19/h2,4-5,8-9,14-15,18H,3,6-7,10-13,16-17,27H2,1H3,(H,29,32)(H2,28,30,33)/t18-/m1/s1. The van der Waals surface area contributed by atoms with Crippen LogP contribution in [0.3, 0.4) is 0 Å². The highest BCUT2D eigenvalue weighted by molar-refractivity contribution is 6.33. The molecule has 1 atom stereocenters. The first-order valence-corrected chi connectivity index (χ1v) is 12.1. The Morgan fingerprint density at radius 2 is 1.94 bits per heavy atom. The summed E-state index contributed by atoms with van der Waals surface area (Å²) in [7, 11) is 1.50. The molecule has 184 valence electrons. The van der Waals surface area contributed by atoms with Gasteiger partial charge >= 0.3 is 6.03 Å². The summed E-state index contributed by atoms with van der Waals surface area (Å²) < 4.78 is 5.27. The molecule has 3 amide bonds. The molecule has 0 spiro atoms. The van der Waals surface area contributed by atoms with E-state index in [1.54, 1.807) is 12.1 Å². The molecule has 9 heteroatoms. The fraction of sp³-hybridized carbons (Fsp3) is 0.440. The molecule has 1 fully saturated rings. The highest BCUT2D eigenvalue weighted by Gasteiger charge is 2.23. The molecule has 1 aliphatic heterocycles. The van der Waals surface area contributed by atoms with Crippen LogP contribution in [0.25, 0.3) is 0 Å². The Labute approximate surface area is 206 Å². The highest BCUT2D eigenvalue weighted by atomic mass is 35.5. The van der Waals surface area contributed by atoms with Gasteiger partial charge in [-0.25, -0.2) is 4.79 Å². The number of hydrogen-bond acceptors (Lipinski definition) is 5. The molecule has 3 rings (SSSR count).